The molecule has 0 amide bonds. The summed E-state index contributed by atoms with van der Waals surface area (Å²) in [4.78, 5) is 5.33. The van der Waals surface area contributed by atoms with E-state index in [1.54, 1.807) is 45.8 Å². The van der Waals surface area contributed by atoms with Crippen molar-refractivity contribution in [3.05, 3.63) is 70.9 Å². The number of thiazole rings is 1. The van der Waals surface area contributed by atoms with Crippen LogP contribution in [0, 0.1) is 0 Å². The Bertz CT molecular complexity index is 1040. The molecule has 150 valence electrons. The maximum atomic E-state index is 5.52. The van der Waals surface area contributed by atoms with Crippen molar-refractivity contribution in [1.82, 2.24) is 4.68 Å². The summed E-state index contributed by atoms with van der Waals surface area (Å²) in [5.74, 6) is 1.85. The van der Waals surface area contributed by atoms with Crippen molar-refractivity contribution in [3.63, 3.8) is 0 Å². The highest BCUT2D eigenvalue weighted by Crippen LogP contribution is 2.32. The molecule has 0 atom stereocenters. The lowest BCUT2D eigenvalue weighted by Crippen LogP contribution is -2.12. The van der Waals surface area contributed by atoms with Crippen LogP contribution >= 0.6 is 11.3 Å². The van der Waals surface area contributed by atoms with E-state index in [2.05, 4.69) is 11.6 Å². The van der Waals surface area contributed by atoms with E-state index in [4.69, 9.17) is 19.3 Å². The molecule has 0 spiro atoms. The molecule has 3 aromatic rings. The van der Waals surface area contributed by atoms with Gasteiger partial charge in [-0.15, -0.1) is 17.9 Å². The third kappa shape index (κ3) is 4.57. The molecule has 0 unspecified atom stereocenters. The van der Waals surface area contributed by atoms with Gasteiger partial charge in [0.2, 0.25) is 4.80 Å². The summed E-state index contributed by atoms with van der Waals surface area (Å²) in [5.41, 5.74) is 2.71. The molecular weight excluding hydrogens is 386 g/mol. The number of nitrogens with zero attached hydrogens (tertiary/aromatic N) is 3. The molecular formula is C22H23N3O3S. The summed E-state index contributed by atoms with van der Waals surface area (Å²) >= 11 is 1.52. The van der Waals surface area contributed by atoms with E-state index in [9.17, 15) is 0 Å². The molecule has 0 aliphatic heterocycles. The molecule has 6 nitrogen and oxygen atoms in total. The van der Waals surface area contributed by atoms with Crippen LogP contribution in [-0.2, 0) is 0 Å². The Hall–Kier alpha value is -3.32. The highest BCUT2D eigenvalue weighted by atomic mass is 32.1. The summed E-state index contributed by atoms with van der Waals surface area (Å²) in [7, 11) is 4.80. The first-order valence-corrected chi connectivity index (χ1v) is 9.81. The normalized spacial score (nSPS) is 11.6. The van der Waals surface area contributed by atoms with Crippen LogP contribution in [0.4, 0.5) is 0 Å². The van der Waals surface area contributed by atoms with E-state index in [1.807, 2.05) is 40.4 Å². The third-order valence-corrected chi connectivity index (χ3v) is 5.02. The molecule has 0 bridgehead atoms. The number of hydrogen-bond acceptors (Lipinski definition) is 6. The minimum Gasteiger partial charge on any atom is -0.496 e. The molecule has 0 aliphatic rings. The van der Waals surface area contributed by atoms with E-state index in [0.717, 1.165) is 16.1 Å². The number of methoxy groups -OCH3 is 3. The van der Waals surface area contributed by atoms with Gasteiger partial charge in [-0.1, -0.05) is 36.4 Å². The van der Waals surface area contributed by atoms with Crippen LogP contribution in [0.25, 0.3) is 11.3 Å². The van der Waals surface area contributed by atoms with Gasteiger partial charge in [0.15, 0.2) is 0 Å². The molecule has 0 aliphatic carbocycles. The second-order valence-corrected chi connectivity index (χ2v) is 6.74. The molecule has 0 saturated carbocycles. The largest absolute Gasteiger partial charge is 0.496 e. The Morgan fingerprint density at radius 3 is 2.31 bits per heavy atom. The van der Waals surface area contributed by atoms with E-state index < -0.39 is 0 Å². The minimum atomic E-state index is 0.513. The zero-order valence-electron chi connectivity index (χ0n) is 16.7. The number of aromatic nitrogens is 1. The van der Waals surface area contributed by atoms with Crippen LogP contribution in [0.1, 0.15) is 5.56 Å². The van der Waals surface area contributed by atoms with E-state index >= 15 is 0 Å². The minimum absolute atomic E-state index is 0.513. The Morgan fingerprint density at radius 2 is 1.72 bits per heavy atom. The van der Waals surface area contributed by atoms with Gasteiger partial charge in [-0.05, 0) is 0 Å². The van der Waals surface area contributed by atoms with Crippen LogP contribution in [0.15, 0.2) is 70.6 Å². The van der Waals surface area contributed by atoms with Crippen molar-refractivity contribution in [1.29, 1.82) is 0 Å². The van der Waals surface area contributed by atoms with Crippen LogP contribution < -0.4 is 19.0 Å². The fourth-order valence-corrected chi connectivity index (χ4v) is 3.59. The van der Waals surface area contributed by atoms with Gasteiger partial charge in [0.05, 0.1) is 45.3 Å². The summed E-state index contributed by atoms with van der Waals surface area (Å²) in [6.45, 7) is 4.26. The highest BCUT2D eigenvalue weighted by molar-refractivity contribution is 7.07. The predicted molar refractivity (Wildman–Crippen MR) is 117 cm³/mol. The average Bonchev–Trinajstić information content (AvgIpc) is 3.18. The fourth-order valence-electron chi connectivity index (χ4n) is 2.74. The van der Waals surface area contributed by atoms with Gasteiger partial charge < -0.3 is 14.2 Å². The van der Waals surface area contributed by atoms with Gasteiger partial charge in [-0.2, -0.15) is 5.10 Å². The van der Waals surface area contributed by atoms with Gasteiger partial charge in [-0.3, -0.25) is 4.99 Å². The molecule has 0 N–H and O–H groups in total. The van der Waals surface area contributed by atoms with Crippen molar-refractivity contribution in [2.75, 3.05) is 27.9 Å². The van der Waals surface area contributed by atoms with Gasteiger partial charge in [-0.25, -0.2) is 4.68 Å². The second kappa shape index (κ2) is 9.75. The smallest absolute Gasteiger partial charge is 0.206 e. The lowest BCUT2D eigenvalue weighted by molar-refractivity contribution is 0.374. The molecule has 0 saturated heterocycles. The summed E-state index contributed by atoms with van der Waals surface area (Å²) < 4.78 is 18.2. The second-order valence-electron chi connectivity index (χ2n) is 5.90. The van der Waals surface area contributed by atoms with E-state index in [-0.39, 0.29) is 0 Å². The van der Waals surface area contributed by atoms with Crippen molar-refractivity contribution in [3.8, 4) is 28.5 Å². The van der Waals surface area contributed by atoms with Crippen LogP contribution in [0.2, 0.25) is 0 Å². The molecule has 1 heterocycles. The Labute approximate surface area is 174 Å². The number of rotatable bonds is 8. The zero-order chi connectivity index (χ0) is 20.6. The maximum Gasteiger partial charge on any atom is 0.206 e. The number of benzene rings is 2. The maximum absolute atomic E-state index is 5.52. The van der Waals surface area contributed by atoms with Crippen molar-refractivity contribution in [2.24, 2.45) is 10.1 Å². The Balaban J connectivity index is 2.14. The molecule has 2 aromatic carbocycles. The molecule has 0 fully saturated rings. The molecule has 29 heavy (non-hydrogen) atoms. The highest BCUT2D eigenvalue weighted by Gasteiger charge is 2.13. The molecule has 7 heteroatoms. The molecule has 1 aromatic heterocycles. The average molecular weight is 410 g/mol. The molecule has 0 radical (unpaired) electrons. The van der Waals surface area contributed by atoms with E-state index in [1.165, 1.54) is 11.3 Å². The van der Waals surface area contributed by atoms with E-state index in [0.29, 0.717) is 29.4 Å². The summed E-state index contributed by atoms with van der Waals surface area (Å²) in [6, 6.07) is 13.7. The Kier molecular flexibility index (Phi) is 6.86. The zero-order valence-corrected chi connectivity index (χ0v) is 17.5. The lowest BCUT2D eigenvalue weighted by Gasteiger charge is -2.12. The van der Waals surface area contributed by atoms with Crippen LogP contribution in [0.5, 0.6) is 17.2 Å². The first-order chi connectivity index (χ1) is 14.2. The topological polar surface area (TPSA) is 57.3 Å². The first-order valence-electron chi connectivity index (χ1n) is 8.93. The van der Waals surface area contributed by atoms with Crippen molar-refractivity contribution < 1.29 is 14.2 Å². The number of ether oxygens (including phenoxy) is 3. The van der Waals surface area contributed by atoms with Crippen molar-refractivity contribution >= 4 is 17.6 Å². The van der Waals surface area contributed by atoms with Gasteiger partial charge in [0.25, 0.3) is 0 Å². The summed E-state index contributed by atoms with van der Waals surface area (Å²) in [5, 5.41) is 6.75. The van der Waals surface area contributed by atoms with Gasteiger partial charge in [0, 0.05) is 23.1 Å². The summed E-state index contributed by atoms with van der Waals surface area (Å²) in [6.07, 6.45) is 3.47. The fraction of sp³-hybridized carbons (Fsp3) is 0.182. The number of hydrogen-bond donors (Lipinski definition) is 0. The van der Waals surface area contributed by atoms with Crippen molar-refractivity contribution in [2.45, 2.75) is 0 Å². The lowest BCUT2D eigenvalue weighted by atomic mass is 10.2. The van der Waals surface area contributed by atoms with Crippen LogP contribution in [0.3, 0.4) is 0 Å². The predicted octanol–water partition coefficient (Wildman–Crippen LogP) is 4.21. The monoisotopic (exact) mass is 409 g/mol. The SMILES string of the molecule is C=CCN=c1scc(-c2ccccc2)n1N=Cc1c(OC)cc(OC)cc1OC. The Morgan fingerprint density at radius 1 is 1.03 bits per heavy atom. The van der Waals surface area contributed by atoms with Gasteiger partial charge >= 0.3 is 0 Å². The quantitative estimate of drug-likeness (QED) is 0.414. The first kappa shape index (κ1) is 20.4. The third-order valence-electron chi connectivity index (χ3n) is 4.17. The standard InChI is InChI=1S/C22H23N3O3S/c1-5-11-23-22-25(19(15-29-22)16-9-7-6-8-10-16)24-14-18-20(27-3)12-17(26-2)13-21(18)28-4/h5-10,12-15H,1,11H2,2-4H3. The van der Waals surface area contributed by atoms with Crippen LogP contribution in [-0.4, -0.2) is 38.8 Å². The van der Waals surface area contributed by atoms with Gasteiger partial charge in [0.1, 0.15) is 17.2 Å². The molecule has 3 rings (SSSR count).